The van der Waals surface area contributed by atoms with Crippen LogP contribution in [0.25, 0.3) is 51.5 Å². The van der Waals surface area contributed by atoms with Crippen LogP contribution >= 0.6 is 45.3 Å². The quantitative estimate of drug-likeness (QED) is 0.221. The normalized spacial score (nSPS) is 11.2. The molecule has 0 spiro atoms. The van der Waals surface area contributed by atoms with Crippen LogP contribution in [0.3, 0.4) is 0 Å². The van der Waals surface area contributed by atoms with E-state index in [0.29, 0.717) is 0 Å². The predicted molar refractivity (Wildman–Crippen MR) is 145 cm³/mol. The van der Waals surface area contributed by atoms with Gasteiger partial charge in [-0.3, -0.25) is 0 Å². The van der Waals surface area contributed by atoms with Gasteiger partial charge >= 0.3 is 0 Å². The standard InChI is InChI=1S/C28H17FS4/c29-22-7-5-18(6-8-22)19-15-20(23-9-11-27(32-23)25-3-1-13-30-25)17-21(16-19)24-10-12-28(33-24)26-4-2-14-31-26/h1-17H. The average molecular weight is 501 g/mol. The molecule has 4 aromatic heterocycles. The van der Waals surface area contributed by atoms with E-state index in [-0.39, 0.29) is 5.82 Å². The summed E-state index contributed by atoms with van der Waals surface area (Å²) in [6.07, 6.45) is 0. The second-order valence-electron chi connectivity index (χ2n) is 7.59. The van der Waals surface area contributed by atoms with Gasteiger partial charge in [-0.1, -0.05) is 24.3 Å². The topological polar surface area (TPSA) is 0 Å². The van der Waals surface area contributed by atoms with Crippen molar-refractivity contribution in [1.82, 2.24) is 0 Å². The fourth-order valence-corrected chi connectivity index (χ4v) is 7.47. The van der Waals surface area contributed by atoms with Crippen LogP contribution in [-0.2, 0) is 0 Å². The lowest BCUT2D eigenvalue weighted by molar-refractivity contribution is 0.628. The maximum Gasteiger partial charge on any atom is 0.123 e. The number of rotatable bonds is 5. The molecule has 160 valence electrons. The summed E-state index contributed by atoms with van der Waals surface area (Å²) >= 11 is 7.16. The molecular weight excluding hydrogens is 484 g/mol. The van der Waals surface area contributed by atoms with E-state index in [1.165, 1.54) is 52.5 Å². The SMILES string of the molecule is Fc1ccc(-c2cc(-c3ccc(-c4cccs4)s3)cc(-c3ccc(-c4cccs4)s3)c2)cc1. The van der Waals surface area contributed by atoms with E-state index < -0.39 is 0 Å². The first kappa shape index (κ1) is 20.8. The first-order valence-electron chi connectivity index (χ1n) is 10.4. The Morgan fingerprint density at radius 3 is 1.39 bits per heavy atom. The minimum Gasteiger partial charge on any atom is -0.207 e. The molecule has 4 heterocycles. The summed E-state index contributed by atoms with van der Waals surface area (Å²) in [6.45, 7) is 0. The van der Waals surface area contributed by atoms with Gasteiger partial charge < -0.3 is 0 Å². The third-order valence-electron chi connectivity index (χ3n) is 5.42. The number of benzene rings is 2. The molecular formula is C28H17FS4. The summed E-state index contributed by atoms with van der Waals surface area (Å²) in [5.74, 6) is -0.215. The maximum atomic E-state index is 13.6. The van der Waals surface area contributed by atoms with E-state index in [9.17, 15) is 4.39 Å². The predicted octanol–water partition coefficient (Wildman–Crippen LogP) is 10.4. The summed E-state index contributed by atoms with van der Waals surface area (Å²) in [5, 5.41) is 4.23. The molecule has 0 aliphatic carbocycles. The smallest absolute Gasteiger partial charge is 0.123 e. The fourth-order valence-electron chi connectivity index (χ4n) is 3.81. The van der Waals surface area contributed by atoms with Gasteiger partial charge in [0.25, 0.3) is 0 Å². The highest BCUT2D eigenvalue weighted by molar-refractivity contribution is 7.23. The Bertz CT molecular complexity index is 1410. The molecule has 0 unspecified atom stereocenters. The van der Waals surface area contributed by atoms with Crippen LogP contribution in [0.1, 0.15) is 0 Å². The van der Waals surface area contributed by atoms with Gasteiger partial charge in [0.05, 0.1) is 0 Å². The highest BCUT2D eigenvalue weighted by Crippen LogP contribution is 2.42. The van der Waals surface area contributed by atoms with E-state index in [2.05, 4.69) is 77.5 Å². The van der Waals surface area contributed by atoms with E-state index in [4.69, 9.17) is 0 Å². The lowest BCUT2D eigenvalue weighted by Crippen LogP contribution is -1.84. The first-order chi connectivity index (χ1) is 16.2. The van der Waals surface area contributed by atoms with Crippen LogP contribution in [0.4, 0.5) is 4.39 Å². The zero-order valence-corrected chi connectivity index (χ0v) is 20.6. The van der Waals surface area contributed by atoms with Crippen molar-refractivity contribution >= 4 is 45.3 Å². The second kappa shape index (κ2) is 8.84. The van der Waals surface area contributed by atoms with Crippen molar-refractivity contribution in [2.75, 3.05) is 0 Å². The second-order valence-corrected chi connectivity index (χ2v) is 11.7. The van der Waals surface area contributed by atoms with Crippen LogP contribution in [0.15, 0.2) is 102 Å². The molecule has 6 aromatic rings. The fraction of sp³-hybridized carbons (Fsp3) is 0. The molecule has 0 fully saturated rings. The van der Waals surface area contributed by atoms with Crippen LogP contribution in [0.5, 0.6) is 0 Å². The molecule has 5 heteroatoms. The zero-order chi connectivity index (χ0) is 22.2. The summed E-state index contributed by atoms with van der Waals surface area (Å²) in [5.41, 5.74) is 4.49. The van der Waals surface area contributed by atoms with Crippen LogP contribution < -0.4 is 0 Å². The molecule has 0 aliphatic rings. The van der Waals surface area contributed by atoms with Crippen molar-refractivity contribution in [3.63, 3.8) is 0 Å². The van der Waals surface area contributed by atoms with Gasteiger partial charge in [0.1, 0.15) is 5.82 Å². The molecule has 6 rings (SSSR count). The Labute approximate surface area is 207 Å². The zero-order valence-electron chi connectivity index (χ0n) is 17.3. The van der Waals surface area contributed by atoms with Gasteiger partial charge in [-0.25, -0.2) is 4.39 Å². The Hall–Kier alpha value is -2.83. The van der Waals surface area contributed by atoms with E-state index in [1.807, 2.05) is 34.8 Å². The summed E-state index contributed by atoms with van der Waals surface area (Å²) in [4.78, 5) is 7.62. The highest BCUT2D eigenvalue weighted by atomic mass is 32.1. The van der Waals surface area contributed by atoms with Gasteiger partial charge in [0, 0.05) is 29.3 Å². The van der Waals surface area contributed by atoms with Crippen LogP contribution in [0, 0.1) is 5.82 Å². The molecule has 0 bridgehead atoms. The monoisotopic (exact) mass is 500 g/mol. The Morgan fingerprint density at radius 1 is 0.424 bits per heavy atom. The number of halogens is 1. The maximum absolute atomic E-state index is 13.6. The molecule has 0 radical (unpaired) electrons. The van der Waals surface area contributed by atoms with Crippen molar-refractivity contribution < 1.29 is 4.39 Å². The third-order valence-corrected chi connectivity index (χ3v) is 9.82. The Morgan fingerprint density at radius 2 is 0.909 bits per heavy atom. The third kappa shape index (κ3) is 4.25. The lowest BCUT2D eigenvalue weighted by Gasteiger charge is -2.09. The molecule has 0 saturated heterocycles. The van der Waals surface area contributed by atoms with Gasteiger partial charge in [0.2, 0.25) is 0 Å². The molecule has 0 amide bonds. The Kier molecular flexibility index (Phi) is 5.56. The molecule has 0 aliphatic heterocycles. The summed E-state index contributed by atoms with van der Waals surface area (Å²) in [7, 11) is 0. The van der Waals surface area contributed by atoms with E-state index in [0.717, 1.165) is 11.1 Å². The van der Waals surface area contributed by atoms with Gasteiger partial charge in [-0.15, -0.1) is 45.3 Å². The molecule has 0 N–H and O–H groups in total. The molecule has 0 nitrogen and oxygen atoms in total. The lowest BCUT2D eigenvalue weighted by atomic mass is 9.98. The van der Waals surface area contributed by atoms with Crippen molar-refractivity contribution in [1.29, 1.82) is 0 Å². The van der Waals surface area contributed by atoms with Crippen LogP contribution in [0.2, 0.25) is 0 Å². The van der Waals surface area contributed by atoms with Crippen molar-refractivity contribution in [3.8, 4) is 51.5 Å². The molecule has 0 atom stereocenters. The average Bonchev–Trinajstić information content (AvgIpc) is 3.65. The highest BCUT2D eigenvalue weighted by Gasteiger charge is 2.12. The Balaban J connectivity index is 1.47. The van der Waals surface area contributed by atoms with Gasteiger partial charge in [-0.05, 0) is 99.7 Å². The van der Waals surface area contributed by atoms with Crippen molar-refractivity contribution in [2.45, 2.75) is 0 Å². The largest absolute Gasteiger partial charge is 0.207 e. The molecule has 33 heavy (non-hydrogen) atoms. The summed E-state index contributed by atoms with van der Waals surface area (Å²) < 4.78 is 13.6. The molecule has 0 saturated carbocycles. The first-order valence-corrected chi connectivity index (χ1v) is 13.8. The van der Waals surface area contributed by atoms with Crippen molar-refractivity contribution in [2.24, 2.45) is 0 Å². The van der Waals surface area contributed by atoms with E-state index in [1.54, 1.807) is 22.7 Å². The summed E-state index contributed by atoms with van der Waals surface area (Å²) in [6, 6.07) is 30.8. The van der Waals surface area contributed by atoms with Crippen LogP contribution in [-0.4, -0.2) is 0 Å². The van der Waals surface area contributed by atoms with Gasteiger partial charge in [0.15, 0.2) is 0 Å². The molecule has 2 aromatic carbocycles. The minimum absolute atomic E-state index is 0.215. The van der Waals surface area contributed by atoms with E-state index >= 15 is 0 Å². The minimum atomic E-state index is -0.215. The number of thiophene rings is 4. The van der Waals surface area contributed by atoms with Gasteiger partial charge in [-0.2, -0.15) is 0 Å². The number of hydrogen-bond acceptors (Lipinski definition) is 4. The number of hydrogen-bond donors (Lipinski definition) is 0. The van der Waals surface area contributed by atoms with Crippen molar-refractivity contribution in [3.05, 3.63) is 108 Å².